The van der Waals surface area contributed by atoms with Gasteiger partial charge in [-0.2, -0.15) is 0 Å². The number of carbonyl (C=O) groups excluding carboxylic acids is 1. The van der Waals surface area contributed by atoms with Gasteiger partial charge in [0.15, 0.2) is 0 Å². The molecule has 1 aromatic rings. The molecule has 1 aliphatic rings. The monoisotopic (exact) mass is 275 g/mol. The number of carbonyl (C=O) groups is 1. The summed E-state index contributed by atoms with van der Waals surface area (Å²) in [6, 6.07) is 4.22. The van der Waals surface area contributed by atoms with Gasteiger partial charge in [-0.3, -0.25) is 4.79 Å². The van der Waals surface area contributed by atoms with Gasteiger partial charge < -0.3 is 10.4 Å². The molecule has 0 unspecified atom stereocenters. The van der Waals surface area contributed by atoms with Crippen LogP contribution in [-0.2, 0) is 0 Å². The minimum Gasteiger partial charge on any atom is -0.395 e. The molecule has 0 aliphatic heterocycles. The molecule has 0 spiro atoms. The first-order valence-electron chi connectivity index (χ1n) is 6.72. The first kappa shape index (κ1) is 14.5. The molecule has 0 radical (unpaired) electrons. The van der Waals surface area contributed by atoms with Gasteiger partial charge in [0.1, 0.15) is 5.82 Å². The number of amides is 1. The Kier molecular flexibility index (Phi) is 4.41. The molecule has 1 aliphatic carbocycles. The quantitative estimate of drug-likeness (QED) is 0.827. The van der Waals surface area contributed by atoms with Crippen LogP contribution in [0, 0.1) is 23.1 Å². The van der Waals surface area contributed by atoms with E-state index in [-0.39, 0.29) is 17.6 Å². The molecule has 1 fully saturated rings. The van der Waals surface area contributed by atoms with Crippen molar-refractivity contribution >= 4 is 5.91 Å². The third-order valence-electron chi connectivity index (χ3n) is 3.46. The summed E-state index contributed by atoms with van der Waals surface area (Å²) in [5, 5.41) is 11.4. The summed E-state index contributed by atoms with van der Waals surface area (Å²) in [6.07, 6.45) is 2.56. The molecule has 0 heterocycles. The number of hydrogen-bond acceptors (Lipinski definition) is 2. The lowest BCUT2D eigenvalue weighted by atomic mass is 10.1. The smallest absolute Gasteiger partial charge is 0.254 e. The lowest BCUT2D eigenvalue weighted by Gasteiger charge is -2.10. The van der Waals surface area contributed by atoms with Crippen molar-refractivity contribution in [2.45, 2.75) is 26.2 Å². The van der Waals surface area contributed by atoms with Crippen molar-refractivity contribution in [2.24, 2.45) is 5.41 Å². The predicted molar refractivity (Wildman–Crippen MR) is 74.7 cm³/mol. The van der Waals surface area contributed by atoms with Crippen molar-refractivity contribution in [3.8, 4) is 11.8 Å². The van der Waals surface area contributed by atoms with Gasteiger partial charge in [0.2, 0.25) is 0 Å². The fourth-order valence-corrected chi connectivity index (χ4v) is 1.78. The standard InChI is InChI=1S/C16H18FNO2/c1-16(7-8-16)11-18-15(20)13-10-12(4-2-3-9-19)5-6-14(13)17/h5-6,10,19H,3,7-9,11H2,1H3,(H,18,20). The predicted octanol–water partition coefficient (Wildman–Crippen LogP) is 2.09. The minimum atomic E-state index is -0.545. The molecule has 0 bridgehead atoms. The maximum Gasteiger partial charge on any atom is 0.254 e. The summed E-state index contributed by atoms with van der Waals surface area (Å²) in [5.41, 5.74) is 0.776. The highest BCUT2D eigenvalue weighted by Gasteiger charge is 2.37. The van der Waals surface area contributed by atoms with Crippen LogP contribution in [0.3, 0.4) is 0 Å². The third kappa shape index (κ3) is 3.82. The van der Waals surface area contributed by atoms with Crippen LogP contribution in [0.4, 0.5) is 4.39 Å². The zero-order chi connectivity index (χ0) is 14.6. The van der Waals surface area contributed by atoms with Crippen LogP contribution in [0.25, 0.3) is 0 Å². The highest BCUT2D eigenvalue weighted by molar-refractivity contribution is 5.94. The second-order valence-corrected chi connectivity index (χ2v) is 5.46. The van der Waals surface area contributed by atoms with Gasteiger partial charge >= 0.3 is 0 Å². The maximum atomic E-state index is 13.7. The lowest BCUT2D eigenvalue weighted by molar-refractivity contribution is 0.0942. The normalized spacial score (nSPS) is 15.2. The lowest BCUT2D eigenvalue weighted by Crippen LogP contribution is -2.29. The topological polar surface area (TPSA) is 49.3 Å². The molecule has 4 heteroatoms. The Morgan fingerprint density at radius 2 is 2.25 bits per heavy atom. The van der Waals surface area contributed by atoms with Crippen LogP contribution in [-0.4, -0.2) is 24.2 Å². The van der Waals surface area contributed by atoms with Gasteiger partial charge in [0.25, 0.3) is 5.91 Å². The molecule has 1 saturated carbocycles. The van der Waals surface area contributed by atoms with Crippen LogP contribution in [0.15, 0.2) is 18.2 Å². The molecule has 20 heavy (non-hydrogen) atoms. The summed E-state index contributed by atoms with van der Waals surface area (Å²) >= 11 is 0. The van der Waals surface area contributed by atoms with Crippen LogP contribution in [0.5, 0.6) is 0 Å². The van der Waals surface area contributed by atoms with Crippen LogP contribution in [0.1, 0.15) is 42.1 Å². The Balaban J connectivity index is 2.07. The minimum absolute atomic E-state index is 0.0138. The van der Waals surface area contributed by atoms with Gasteiger partial charge in [-0.1, -0.05) is 18.8 Å². The zero-order valence-corrected chi connectivity index (χ0v) is 11.5. The zero-order valence-electron chi connectivity index (χ0n) is 11.5. The van der Waals surface area contributed by atoms with Gasteiger partial charge in [-0.25, -0.2) is 4.39 Å². The number of nitrogens with one attached hydrogen (secondary N) is 1. The average Bonchev–Trinajstić information content (AvgIpc) is 3.17. The summed E-state index contributed by atoms with van der Waals surface area (Å²) in [4.78, 5) is 12.0. The molecular formula is C16H18FNO2. The summed E-state index contributed by atoms with van der Waals surface area (Å²) in [7, 11) is 0. The van der Waals surface area contributed by atoms with E-state index in [1.165, 1.54) is 18.2 Å². The second-order valence-electron chi connectivity index (χ2n) is 5.46. The molecule has 2 rings (SSSR count). The van der Waals surface area contributed by atoms with Crippen molar-refractivity contribution < 1.29 is 14.3 Å². The number of aliphatic hydroxyl groups is 1. The Hall–Kier alpha value is -1.86. The van der Waals surface area contributed by atoms with E-state index in [1.54, 1.807) is 0 Å². The number of halogens is 1. The molecule has 1 amide bonds. The van der Waals surface area contributed by atoms with E-state index in [1.807, 2.05) is 0 Å². The summed E-state index contributed by atoms with van der Waals surface area (Å²) in [5.74, 6) is 4.60. The SMILES string of the molecule is CC1(CNC(=O)c2cc(C#CCCO)ccc2F)CC1. The second kappa shape index (κ2) is 6.06. The Bertz CT molecular complexity index is 568. The fourth-order valence-electron chi connectivity index (χ4n) is 1.78. The van der Waals surface area contributed by atoms with E-state index in [2.05, 4.69) is 24.1 Å². The number of benzene rings is 1. The molecule has 2 N–H and O–H groups in total. The number of hydrogen-bond donors (Lipinski definition) is 2. The maximum absolute atomic E-state index is 13.7. The molecule has 3 nitrogen and oxygen atoms in total. The van der Waals surface area contributed by atoms with Crippen molar-refractivity contribution in [3.63, 3.8) is 0 Å². The molecule has 0 saturated heterocycles. The molecule has 1 aromatic carbocycles. The van der Waals surface area contributed by atoms with Gasteiger partial charge in [0, 0.05) is 18.5 Å². The Morgan fingerprint density at radius 1 is 1.50 bits per heavy atom. The highest BCUT2D eigenvalue weighted by atomic mass is 19.1. The highest BCUT2D eigenvalue weighted by Crippen LogP contribution is 2.44. The first-order valence-corrected chi connectivity index (χ1v) is 6.72. The van der Waals surface area contributed by atoms with Crippen molar-refractivity contribution in [1.82, 2.24) is 5.32 Å². The third-order valence-corrected chi connectivity index (χ3v) is 3.46. The van der Waals surface area contributed by atoms with E-state index in [4.69, 9.17) is 5.11 Å². The number of aliphatic hydroxyl groups excluding tert-OH is 1. The van der Waals surface area contributed by atoms with E-state index in [0.717, 1.165) is 12.8 Å². The van der Waals surface area contributed by atoms with Crippen molar-refractivity contribution in [2.75, 3.05) is 13.2 Å². The molecule has 0 aromatic heterocycles. The van der Waals surface area contributed by atoms with Crippen LogP contribution < -0.4 is 5.32 Å². The van der Waals surface area contributed by atoms with Crippen molar-refractivity contribution in [1.29, 1.82) is 0 Å². The molecule has 0 atom stereocenters. The van der Waals surface area contributed by atoms with E-state index < -0.39 is 11.7 Å². The van der Waals surface area contributed by atoms with Crippen molar-refractivity contribution in [3.05, 3.63) is 35.1 Å². The van der Waals surface area contributed by atoms with Gasteiger partial charge in [-0.15, -0.1) is 0 Å². The summed E-state index contributed by atoms with van der Waals surface area (Å²) in [6.45, 7) is 2.66. The summed E-state index contributed by atoms with van der Waals surface area (Å²) < 4.78 is 13.7. The molecule has 106 valence electrons. The molecular weight excluding hydrogens is 257 g/mol. The fraction of sp³-hybridized carbons (Fsp3) is 0.438. The van der Waals surface area contributed by atoms with E-state index >= 15 is 0 Å². The van der Waals surface area contributed by atoms with Gasteiger partial charge in [0.05, 0.1) is 12.2 Å². The largest absolute Gasteiger partial charge is 0.395 e. The Labute approximate surface area is 118 Å². The first-order chi connectivity index (χ1) is 9.54. The Morgan fingerprint density at radius 3 is 2.90 bits per heavy atom. The van der Waals surface area contributed by atoms with Gasteiger partial charge in [-0.05, 0) is 36.5 Å². The van der Waals surface area contributed by atoms with Crippen LogP contribution >= 0.6 is 0 Å². The van der Waals surface area contributed by atoms with E-state index in [9.17, 15) is 9.18 Å². The van der Waals surface area contributed by atoms with E-state index in [0.29, 0.717) is 18.5 Å². The average molecular weight is 275 g/mol. The van der Waals surface area contributed by atoms with Crippen LogP contribution in [0.2, 0.25) is 0 Å². The number of rotatable bonds is 4.